The van der Waals surface area contributed by atoms with Gasteiger partial charge in [0.15, 0.2) is 0 Å². The van der Waals surface area contributed by atoms with Gasteiger partial charge >= 0.3 is 0 Å². The molecule has 130 valence electrons. The van der Waals surface area contributed by atoms with E-state index in [9.17, 15) is 13.2 Å². The van der Waals surface area contributed by atoms with Crippen molar-refractivity contribution >= 4 is 15.9 Å². The molecule has 0 bridgehead atoms. The molecule has 0 saturated heterocycles. The van der Waals surface area contributed by atoms with Crippen LogP contribution in [0, 0.1) is 5.92 Å². The van der Waals surface area contributed by atoms with Crippen LogP contribution in [0.1, 0.15) is 46.1 Å². The number of benzene rings is 1. The van der Waals surface area contributed by atoms with Crippen LogP contribution in [0.15, 0.2) is 29.2 Å². The van der Waals surface area contributed by atoms with Crippen LogP contribution in [0.3, 0.4) is 0 Å². The van der Waals surface area contributed by atoms with Crippen LogP contribution >= 0.6 is 0 Å². The zero-order valence-corrected chi connectivity index (χ0v) is 15.3. The van der Waals surface area contributed by atoms with E-state index in [1.165, 1.54) is 4.31 Å². The molecule has 0 heterocycles. The number of nitrogens with one attached hydrogen (secondary N) is 1. The number of sulfonamides is 1. The zero-order chi connectivity index (χ0) is 17.5. The molecule has 0 spiro atoms. The summed E-state index contributed by atoms with van der Waals surface area (Å²) in [4.78, 5) is 12.0. The molecule has 0 aromatic heterocycles. The molecule has 1 N–H and O–H groups in total. The van der Waals surface area contributed by atoms with E-state index < -0.39 is 10.0 Å². The molecule has 1 rings (SSSR count). The van der Waals surface area contributed by atoms with Crippen molar-refractivity contribution in [3.63, 3.8) is 0 Å². The van der Waals surface area contributed by atoms with Gasteiger partial charge in [-0.05, 0) is 30.0 Å². The highest BCUT2D eigenvalue weighted by atomic mass is 32.2. The van der Waals surface area contributed by atoms with Crippen molar-refractivity contribution < 1.29 is 13.2 Å². The first-order valence-corrected chi connectivity index (χ1v) is 9.61. The summed E-state index contributed by atoms with van der Waals surface area (Å²) in [6.07, 6.45) is 1.39. The van der Waals surface area contributed by atoms with Crippen LogP contribution in [0.2, 0.25) is 0 Å². The van der Waals surface area contributed by atoms with Crippen molar-refractivity contribution in [2.75, 3.05) is 13.1 Å². The molecule has 23 heavy (non-hydrogen) atoms. The van der Waals surface area contributed by atoms with Crippen molar-refractivity contribution in [2.24, 2.45) is 5.92 Å². The maximum absolute atomic E-state index is 12.4. The van der Waals surface area contributed by atoms with Crippen LogP contribution < -0.4 is 5.32 Å². The molecule has 0 fully saturated rings. The Hall–Kier alpha value is -1.40. The maximum Gasteiger partial charge on any atom is 0.243 e. The highest BCUT2D eigenvalue weighted by Gasteiger charge is 2.21. The molecule has 0 aliphatic carbocycles. The van der Waals surface area contributed by atoms with E-state index in [2.05, 4.69) is 19.2 Å². The molecule has 0 saturated carbocycles. The third kappa shape index (κ3) is 5.95. The molecule has 0 aliphatic rings. The highest BCUT2D eigenvalue weighted by Crippen LogP contribution is 2.16. The van der Waals surface area contributed by atoms with Gasteiger partial charge in [0, 0.05) is 26.1 Å². The van der Waals surface area contributed by atoms with Crippen LogP contribution in [-0.4, -0.2) is 31.7 Å². The molecule has 1 aromatic carbocycles. The van der Waals surface area contributed by atoms with Crippen molar-refractivity contribution in [1.29, 1.82) is 0 Å². The highest BCUT2D eigenvalue weighted by molar-refractivity contribution is 7.89. The van der Waals surface area contributed by atoms with Crippen molar-refractivity contribution in [2.45, 2.75) is 52.0 Å². The van der Waals surface area contributed by atoms with Gasteiger partial charge in [0.2, 0.25) is 15.9 Å². The fourth-order valence-electron chi connectivity index (χ4n) is 2.20. The molecule has 6 heteroatoms. The fraction of sp³-hybridized carbons (Fsp3) is 0.588. The van der Waals surface area contributed by atoms with E-state index in [0.29, 0.717) is 32.0 Å². The molecule has 0 atom stereocenters. The van der Waals surface area contributed by atoms with E-state index in [1.54, 1.807) is 24.3 Å². The van der Waals surface area contributed by atoms with Crippen LogP contribution in [0.5, 0.6) is 0 Å². The van der Waals surface area contributed by atoms with Gasteiger partial charge in [0.05, 0.1) is 4.90 Å². The van der Waals surface area contributed by atoms with E-state index in [-0.39, 0.29) is 10.8 Å². The van der Waals surface area contributed by atoms with Gasteiger partial charge in [0.1, 0.15) is 0 Å². The first-order chi connectivity index (χ1) is 10.8. The van der Waals surface area contributed by atoms with Crippen LogP contribution in [-0.2, 0) is 21.4 Å². The Morgan fingerprint density at radius 1 is 1.13 bits per heavy atom. The minimum atomic E-state index is -3.42. The number of rotatable bonds is 9. The average Bonchev–Trinajstić information content (AvgIpc) is 2.52. The first kappa shape index (κ1) is 19.6. The van der Waals surface area contributed by atoms with E-state index >= 15 is 0 Å². The Morgan fingerprint density at radius 3 is 2.17 bits per heavy atom. The van der Waals surface area contributed by atoms with Crippen LogP contribution in [0.4, 0.5) is 0 Å². The zero-order valence-electron chi connectivity index (χ0n) is 14.5. The largest absolute Gasteiger partial charge is 0.352 e. The number of hydrogen-bond donors (Lipinski definition) is 1. The lowest BCUT2D eigenvalue weighted by molar-refractivity contribution is -0.121. The monoisotopic (exact) mass is 340 g/mol. The van der Waals surface area contributed by atoms with Gasteiger partial charge in [-0.15, -0.1) is 0 Å². The predicted molar refractivity (Wildman–Crippen MR) is 92.5 cm³/mol. The lowest BCUT2D eigenvalue weighted by atomic mass is 10.1. The molecule has 0 aliphatic heterocycles. The Balaban J connectivity index is 2.65. The average molecular weight is 340 g/mol. The standard InChI is InChI=1S/C17H28N2O3S/c1-5-19(6-2)23(21,22)16-10-8-15(9-11-16)13-18-17(20)12-7-14(3)4/h8-11,14H,5-7,12-13H2,1-4H3,(H,18,20). The lowest BCUT2D eigenvalue weighted by Crippen LogP contribution is -2.30. The van der Waals surface area contributed by atoms with Gasteiger partial charge in [-0.1, -0.05) is 39.8 Å². The molecule has 0 radical (unpaired) electrons. The molecular weight excluding hydrogens is 312 g/mol. The summed E-state index contributed by atoms with van der Waals surface area (Å²) < 4.78 is 26.2. The number of carbonyl (C=O) groups is 1. The maximum atomic E-state index is 12.4. The molecule has 0 unspecified atom stereocenters. The Morgan fingerprint density at radius 2 is 1.70 bits per heavy atom. The second-order valence-electron chi connectivity index (χ2n) is 5.94. The summed E-state index contributed by atoms with van der Waals surface area (Å²) in [6.45, 7) is 9.14. The molecule has 5 nitrogen and oxygen atoms in total. The molecule has 1 aromatic rings. The minimum Gasteiger partial charge on any atom is -0.352 e. The fourth-order valence-corrected chi connectivity index (χ4v) is 3.66. The number of amides is 1. The van der Waals surface area contributed by atoms with E-state index in [0.717, 1.165) is 12.0 Å². The summed E-state index contributed by atoms with van der Waals surface area (Å²) in [5, 5.41) is 2.86. The first-order valence-electron chi connectivity index (χ1n) is 8.17. The smallest absolute Gasteiger partial charge is 0.243 e. The van der Waals surface area contributed by atoms with Crippen molar-refractivity contribution in [3.05, 3.63) is 29.8 Å². The van der Waals surface area contributed by atoms with Gasteiger partial charge in [-0.25, -0.2) is 8.42 Å². The van der Waals surface area contributed by atoms with Crippen LogP contribution in [0.25, 0.3) is 0 Å². The number of carbonyl (C=O) groups excluding carboxylic acids is 1. The summed E-state index contributed by atoms with van der Waals surface area (Å²) in [5.41, 5.74) is 0.890. The summed E-state index contributed by atoms with van der Waals surface area (Å²) in [5.74, 6) is 0.531. The van der Waals surface area contributed by atoms with Crippen molar-refractivity contribution in [1.82, 2.24) is 9.62 Å². The van der Waals surface area contributed by atoms with Gasteiger partial charge in [-0.2, -0.15) is 4.31 Å². The molecular formula is C17H28N2O3S. The van der Waals surface area contributed by atoms with Crippen molar-refractivity contribution in [3.8, 4) is 0 Å². The normalized spacial score (nSPS) is 11.9. The Labute approximate surface area is 140 Å². The Kier molecular flexibility index (Phi) is 7.72. The summed E-state index contributed by atoms with van der Waals surface area (Å²) in [6, 6.07) is 6.70. The van der Waals surface area contributed by atoms with E-state index in [4.69, 9.17) is 0 Å². The predicted octanol–water partition coefficient (Wildman–Crippen LogP) is 2.77. The van der Waals surface area contributed by atoms with Gasteiger partial charge in [0.25, 0.3) is 0 Å². The second-order valence-corrected chi connectivity index (χ2v) is 7.88. The lowest BCUT2D eigenvalue weighted by Gasteiger charge is -2.18. The SMILES string of the molecule is CCN(CC)S(=O)(=O)c1ccc(CNC(=O)CCC(C)C)cc1. The van der Waals surface area contributed by atoms with Gasteiger partial charge in [-0.3, -0.25) is 4.79 Å². The molecule has 1 amide bonds. The quantitative estimate of drug-likeness (QED) is 0.752. The third-order valence-corrected chi connectivity index (χ3v) is 5.77. The summed E-state index contributed by atoms with van der Waals surface area (Å²) in [7, 11) is -3.42. The second kappa shape index (κ2) is 9.03. The van der Waals surface area contributed by atoms with E-state index in [1.807, 2.05) is 13.8 Å². The minimum absolute atomic E-state index is 0.0264. The van der Waals surface area contributed by atoms with Gasteiger partial charge < -0.3 is 5.32 Å². The number of hydrogen-bond acceptors (Lipinski definition) is 3. The Bertz CT molecular complexity index is 591. The summed E-state index contributed by atoms with van der Waals surface area (Å²) >= 11 is 0. The number of nitrogens with zero attached hydrogens (tertiary/aromatic N) is 1. The topological polar surface area (TPSA) is 66.5 Å². The third-order valence-electron chi connectivity index (χ3n) is 3.70.